The third-order valence-corrected chi connectivity index (χ3v) is 11.3. The molecule has 0 N–H and O–H groups in total. The van der Waals surface area contributed by atoms with Crippen LogP contribution in [-0.2, 0) is 22.6 Å². The molecule has 0 radical (unpaired) electrons. The van der Waals surface area contributed by atoms with Crippen molar-refractivity contribution in [2.45, 2.75) is 42.9 Å². The molecule has 2 aliphatic rings. The second kappa shape index (κ2) is 11.2. The van der Waals surface area contributed by atoms with E-state index in [2.05, 4.69) is 10.2 Å². The Morgan fingerprint density at radius 3 is 2.40 bits per heavy atom. The highest BCUT2D eigenvalue weighted by Gasteiger charge is 2.66. The quantitative estimate of drug-likeness (QED) is 0.134. The Kier molecular flexibility index (Phi) is 7.08. The van der Waals surface area contributed by atoms with E-state index in [9.17, 15) is 14.0 Å². The fourth-order valence-electron chi connectivity index (χ4n) is 6.61. The summed E-state index contributed by atoms with van der Waals surface area (Å²) < 4.78 is 20.3. The Morgan fingerprint density at radius 1 is 0.875 bits per heavy atom. The number of halogens is 1. The van der Waals surface area contributed by atoms with Crippen molar-refractivity contribution in [3.63, 3.8) is 0 Å². The van der Waals surface area contributed by atoms with Gasteiger partial charge < -0.3 is 9.32 Å². The summed E-state index contributed by atoms with van der Waals surface area (Å²) in [7, 11) is 0. The molecule has 0 bridgehead atoms. The standard InChI is InChI=1S/C37H27FN4O4S2/c1-20-8-4-5-9-24(20)18-41-28-11-7-6-10-27(28)37(34(41)45)30-31(43)26-16-21(2)22(3)17-29(26)46-32(30)33(44)42(37)35-39-40-36(48-35)47-19-23-12-14-25(38)15-13-23/h4-17H,18-19H2,1-3H3. The molecule has 0 saturated heterocycles. The molecule has 1 spiro atoms. The van der Waals surface area contributed by atoms with Crippen LogP contribution in [0.3, 0.4) is 0 Å². The number of para-hydroxylation sites is 1. The summed E-state index contributed by atoms with van der Waals surface area (Å²) in [6, 6.07) is 24.7. The van der Waals surface area contributed by atoms with Crippen molar-refractivity contribution in [2.75, 3.05) is 9.80 Å². The van der Waals surface area contributed by atoms with E-state index in [-0.39, 0.29) is 34.4 Å². The molecule has 0 fully saturated rings. The number of thioether (sulfide) groups is 1. The molecule has 8 nitrogen and oxygen atoms in total. The number of anilines is 2. The molecule has 48 heavy (non-hydrogen) atoms. The van der Waals surface area contributed by atoms with E-state index in [0.29, 0.717) is 26.7 Å². The topological polar surface area (TPSA) is 96.6 Å². The molecule has 11 heteroatoms. The van der Waals surface area contributed by atoms with E-state index in [0.717, 1.165) is 39.2 Å². The van der Waals surface area contributed by atoms with Gasteiger partial charge in [-0.2, -0.15) is 0 Å². The highest BCUT2D eigenvalue weighted by molar-refractivity contribution is 8.00. The molecule has 4 aromatic carbocycles. The van der Waals surface area contributed by atoms with E-state index in [1.54, 1.807) is 41.3 Å². The van der Waals surface area contributed by atoms with Crippen LogP contribution in [0.15, 0.2) is 98.5 Å². The maximum atomic E-state index is 15.2. The lowest BCUT2D eigenvalue weighted by atomic mass is 9.84. The van der Waals surface area contributed by atoms with Crippen molar-refractivity contribution < 1.29 is 18.4 Å². The maximum Gasteiger partial charge on any atom is 0.297 e. The molecule has 1 atom stereocenters. The van der Waals surface area contributed by atoms with Gasteiger partial charge in [-0.15, -0.1) is 10.2 Å². The van der Waals surface area contributed by atoms with E-state index >= 15 is 4.79 Å². The average molecular weight is 675 g/mol. The molecule has 1 unspecified atom stereocenters. The first-order chi connectivity index (χ1) is 23.2. The van der Waals surface area contributed by atoms with Gasteiger partial charge in [0.1, 0.15) is 11.4 Å². The van der Waals surface area contributed by atoms with Gasteiger partial charge in [0.2, 0.25) is 10.9 Å². The highest BCUT2D eigenvalue weighted by atomic mass is 32.2. The minimum atomic E-state index is -1.88. The number of aryl methyl sites for hydroxylation is 3. The summed E-state index contributed by atoms with van der Waals surface area (Å²) in [5.74, 6) is -1.12. The summed E-state index contributed by atoms with van der Waals surface area (Å²) in [6.07, 6.45) is 0. The first-order valence-electron chi connectivity index (χ1n) is 15.3. The zero-order valence-corrected chi connectivity index (χ0v) is 27.7. The number of benzene rings is 4. The Hall–Kier alpha value is -5.13. The monoisotopic (exact) mass is 674 g/mol. The first kappa shape index (κ1) is 30.2. The number of rotatable bonds is 6. The predicted octanol–water partition coefficient (Wildman–Crippen LogP) is 7.45. The molecular weight excluding hydrogens is 648 g/mol. The van der Waals surface area contributed by atoms with Gasteiger partial charge in [-0.25, -0.2) is 4.39 Å². The van der Waals surface area contributed by atoms with Crippen LogP contribution in [0.5, 0.6) is 0 Å². The minimum Gasteiger partial charge on any atom is -0.450 e. The number of carbonyl (C=O) groups is 2. The van der Waals surface area contributed by atoms with Gasteiger partial charge >= 0.3 is 0 Å². The average Bonchev–Trinajstić information content (AvgIpc) is 3.72. The molecule has 2 aliphatic heterocycles. The summed E-state index contributed by atoms with van der Waals surface area (Å²) >= 11 is 2.52. The summed E-state index contributed by atoms with van der Waals surface area (Å²) in [4.78, 5) is 47.4. The van der Waals surface area contributed by atoms with Gasteiger partial charge in [0.05, 0.1) is 23.2 Å². The van der Waals surface area contributed by atoms with Gasteiger partial charge in [0.15, 0.2) is 15.3 Å². The number of carbonyl (C=O) groups excluding carboxylic acids is 2. The van der Waals surface area contributed by atoms with E-state index in [4.69, 9.17) is 4.42 Å². The molecule has 8 rings (SSSR count). The zero-order valence-electron chi connectivity index (χ0n) is 26.1. The number of hydrogen-bond donors (Lipinski definition) is 0. The first-order valence-corrected chi connectivity index (χ1v) is 17.1. The van der Waals surface area contributed by atoms with Crippen molar-refractivity contribution >= 4 is 56.7 Å². The molecule has 6 aromatic rings. The summed E-state index contributed by atoms with van der Waals surface area (Å²) in [5, 5.41) is 9.22. The van der Waals surface area contributed by atoms with Crippen LogP contribution in [0.25, 0.3) is 11.0 Å². The number of fused-ring (bicyclic) bond motifs is 5. The van der Waals surface area contributed by atoms with Crippen molar-refractivity contribution in [1.82, 2.24) is 10.2 Å². The van der Waals surface area contributed by atoms with Crippen molar-refractivity contribution in [1.29, 1.82) is 0 Å². The Morgan fingerprint density at radius 2 is 1.60 bits per heavy atom. The Balaban J connectivity index is 1.33. The van der Waals surface area contributed by atoms with Gasteiger partial charge in [-0.3, -0.25) is 19.3 Å². The van der Waals surface area contributed by atoms with E-state index < -0.39 is 22.8 Å². The van der Waals surface area contributed by atoms with Crippen molar-refractivity contribution in [2.24, 2.45) is 0 Å². The molecular formula is C37H27FN4O4S2. The third-order valence-electron chi connectivity index (χ3n) is 9.19. The van der Waals surface area contributed by atoms with Gasteiger partial charge in [0.25, 0.3) is 11.8 Å². The minimum absolute atomic E-state index is 0.0244. The van der Waals surface area contributed by atoms with Crippen LogP contribution in [0.4, 0.5) is 15.2 Å². The van der Waals surface area contributed by atoms with Crippen LogP contribution in [0, 0.1) is 26.6 Å². The molecule has 2 aromatic heterocycles. The second-order valence-corrected chi connectivity index (χ2v) is 14.2. The van der Waals surface area contributed by atoms with Crippen LogP contribution in [-0.4, -0.2) is 22.0 Å². The fraction of sp³-hybridized carbons (Fsp3) is 0.162. The van der Waals surface area contributed by atoms with Crippen LogP contribution < -0.4 is 15.2 Å². The SMILES string of the molecule is Cc1cc2oc3c(c(=O)c2cc1C)C1(C(=O)N(Cc2ccccc2C)c2ccccc21)N(c1nnc(SCc2ccc(F)cc2)s1)C3=O. The molecule has 238 valence electrons. The van der Waals surface area contributed by atoms with Crippen LogP contribution in [0.1, 0.15) is 49.5 Å². The Bertz CT molecular complexity index is 2370. The predicted molar refractivity (Wildman–Crippen MR) is 184 cm³/mol. The zero-order chi connectivity index (χ0) is 33.3. The van der Waals surface area contributed by atoms with Gasteiger partial charge in [0, 0.05) is 11.3 Å². The van der Waals surface area contributed by atoms with E-state index in [1.807, 2.05) is 57.2 Å². The number of hydrogen-bond acceptors (Lipinski definition) is 8. The Labute approximate surface area is 282 Å². The largest absolute Gasteiger partial charge is 0.450 e. The van der Waals surface area contributed by atoms with Crippen molar-refractivity contribution in [3.05, 3.63) is 146 Å². The summed E-state index contributed by atoms with van der Waals surface area (Å²) in [6.45, 7) is 6.02. The lowest BCUT2D eigenvalue weighted by Gasteiger charge is -2.32. The van der Waals surface area contributed by atoms with E-state index in [1.165, 1.54) is 28.8 Å². The highest BCUT2D eigenvalue weighted by Crippen LogP contribution is 2.55. The lowest BCUT2D eigenvalue weighted by Crippen LogP contribution is -2.53. The second-order valence-electron chi connectivity index (χ2n) is 12.0. The van der Waals surface area contributed by atoms with Gasteiger partial charge in [-0.05, 0) is 78.9 Å². The smallest absolute Gasteiger partial charge is 0.297 e. The number of aromatic nitrogens is 2. The molecule has 0 saturated carbocycles. The molecule has 0 aliphatic carbocycles. The maximum absolute atomic E-state index is 15.2. The van der Waals surface area contributed by atoms with Gasteiger partial charge in [-0.1, -0.05) is 77.7 Å². The van der Waals surface area contributed by atoms with Crippen molar-refractivity contribution in [3.8, 4) is 0 Å². The summed E-state index contributed by atoms with van der Waals surface area (Å²) in [5.41, 5.74) is 3.62. The number of nitrogens with zero attached hydrogens (tertiary/aromatic N) is 4. The third kappa shape index (κ3) is 4.45. The van der Waals surface area contributed by atoms with Crippen LogP contribution in [0.2, 0.25) is 0 Å². The lowest BCUT2D eigenvalue weighted by molar-refractivity contribution is -0.121. The normalized spacial score (nSPS) is 16.8. The molecule has 4 heterocycles. The fourth-order valence-corrected chi connectivity index (χ4v) is 8.46. The number of amides is 2. The molecule has 2 amide bonds. The van der Waals surface area contributed by atoms with Crippen LogP contribution >= 0.6 is 23.1 Å².